The largest absolute Gasteiger partial charge is 0.489 e. The molecule has 212 valence electrons. The third kappa shape index (κ3) is 6.56. The summed E-state index contributed by atoms with van der Waals surface area (Å²) in [5.41, 5.74) is 6.32. The number of alkyl carbamates (subject to hydrolysis) is 1. The summed E-state index contributed by atoms with van der Waals surface area (Å²) in [6.45, 7) is -1.07. The highest BCUT2D eigenvalue weighted by atomic mass is 19.3. The number of carbonyl (C=O) groups excluding carboxylic acids is 3. The van der Waals surface area contributed by atoms with Crippen molar-refractivity contribution in [1.29, 1.82) is 0 Å². The lowest BCUT2D eigenvalue weighted by molar-refractivity contribution is -0.124. The Morgan fingerprint density at radius 3 is 2.62 bits per heavy atom. The van der Waals surface area contributed by atoms with Crippen molar-refractivity contribution in [2.24, 2.45) is 11.7 Å². The zero-order valence-corrected chi connectivity index (χ0v) is 21.7. The molecule has 0 spiro atoms. The average Bonchev–Trinajstić information content (AvgIpc) is 3.47. The Labute approximate surface area is 223 Å². The Balaban J connectivity index is 1.65. The maximum atomic E-state index is 13.7. The molecule has 2 fully saturated rings. The summed E-state index contributed by atoms with van der Waals surface area (Å²) < 4.78 is 46.7. The summed E-state index contributed by atoms with van der Waals surface area (Å²) in [4.78, 5) is 43.6. The quantitative estimate of drug-likeness (QED) is 0.403. The van der Waals surface area contributed by atoms with Gasteiger partial charge in [-0.25, -0.2) is 9.78 Å². The Bertz CT molecular complexity index is 1220. The number of rotatable bonds is 10. The van der Waals surface area contributed by atoms with Crippen molar-refractivity contribution in [3.05, 3.63) is 29.7 Å². The zero-order valence-electron chi connectivity index (χ0n) is 21.7. The molecule has 14 heteroatoms. The van der Waals surface area contributed by atoms with Crippen LogP contribution in [0.3, 0.4) is 0 Å². The van der Waals surface area contributed by atoms with Crippen LogP contribution in [0.1, 0.15) is 48.5 Å². The molecule has 1 aliphatic carbocycles. The molecule has 4 N–H and O–H groups in total. The number of oxazole rings is 1. The van der Waals surface area contributed by atoms with Crippen LogP contribution in [0.2, 0.25) is 0 Å². The van der Waals surface area contributed by atoms with Gasteiger partial charge in [-0.3, -0.25) is 9.59 Å². The number of benzene rings is 1. The van der Waals surface area contributed by atoms with E-state index in [4.69, 9.17) is 14.9 Å². The number of amides is 3. The van der Waals surface area contributed by atoms with Crippen LogP contribution in [0.4, 0.5) is 13.6 Å². The molecule has 3 atom stereocenters. The fourth-order valence-electron chi connectivity index (χ4n) is 4.30. The van der Waals surface area contributed by atoms with Crippen LogP contribution in [-0.2, 0) is 9.53 Å². The molecule has 0 unspecified atom stereocenters. The number of hydrogen-bond acceptors (Lipinski definition) is 9. The average molecular weight is 552 g/mol. The second-order valence-electron chi connectivity index (χ2n) is 9.47. The molecule has 1 saturated carbocycles. The molecular formula is C25H31F2N5O7. The number of carbonyl (C=O) groups is 3. The van der Waals surface area contributed by atoms with E-state index in [1.54, 1.807) is 6.92 Å². The highest BCUT2D eigenvalue weighted by molar-refractivity contribution is 5.98. The standard InChI is InChI=1S/C25H31F2N5O7/c1-12(28)20-19(23(34)32-10-15(30-25(35)36-3)9-16(32)21(33)29-2)31-22(39-20)14-6-7-17(38-24(26)27)18(8-14)37-11-13-4-5-13/h6-8,12-13,15-16,24H,4-5,9-11,28H2,1-3H3,(H,29,33)(H,30,35)/t12-,15+,16-/m0/s1. The summed E-state index contributed by atoms with van der Waals surface area (Å²) in [5.74, 6) is -0.661. The van der Waals surface area contributed by atoms with Gasteiger partial charge in [0.25, 0.3) is 5.91 Å². The Morgan fingerprint density at radius 2 is 2.00 bits per heavy atom. The van der Waals surface area contributed by atoms with Crippen LogP contribution in [0.5, 0.6) is 11.5 Å². The number of methoxy groups -OCH3 is 1. The lowest BCUT2D eigenvalue weighted by Gasteiger charge is -2.22. The number of aromatic nitrogens is 1. The minimum Gasteiger partial charge on any atom is -0.489 e. The summed E-state index contributed by atoms with van der Waals surface area (Å²) >= 11 is 0. The van der Waals surface area contributed by atoms with E-state index in [0.717, 1.165) is 12.8 Å². The van der Waals surface area contributed by atoms with Crippen molar-refractivity contribution < 1.29 is 41.8 Å². The second-order valence-corrected chi connectivity index (χ2v) is 9.47. The Morgan fingerprint density at radius 1 is 1.26 bits per heavy atom. The predicted octanol–water partition coefficient (Wildman–Crippen LogP) is 2.44. The number of nitrogens with one attached hydrogen (secondary N) is 2. The summed E-state index contributed by atoms with van der Waals surface area (Å²) in [7, 11) is 2.65. The van der Waals surface area contributed by atoms with E-state index in [0.29, 0.717) is 18.1 Å². The van der Waals surface area contributed by atoms with Gasteiger partial charge < -0.3 is 39.9 Å². The topological polar surface area (TPSA) is 158 Å². The minimum absolute atomic E-state index is 0.00504. The molecule has 0 bridgehead atoms. The smallest absolute Gasteiger partial charge is 0.407 e. The van der Waals surface area contributed by atoms with Gasteiger partial charge in [-0.1, -0.05) is 0 Å². The van der Waals surface area contributed by atoms with E-state index in [9.17, 15) is 23.2 Å². The normalized spacial score (nSPS) is 19.5. The summed E-state index contributed by atoms with van der Waals surface area (Å²) in [6.07, 6.45) is 1.46. The van der Waals surface area contributed by atoms with Crippen molar-refractivity contribution in [1.82, 2.24) is 20.5 Å². The Hall–Kier alpha value is -3.94. The minimum atomic E-state index is -3.04. The van der Waals surface area contributed by atoms with Crippen molar-refractivity contribution in [2.45, 2.75) is 50.9 Å². The molecular weight excluding hydrogens is 520 g/mol. The van der Waals surface area contributed by atoms with Gasteiger partial charge in [0.15, 0.2) is 23.0 Å². The zero-order chi connectivity index (χ0) is 28.3. The molecule has 1 aliphatic heterocycles. The third-order valence-electron chi connectivity index (χ3n) is 6.47. The van der Waals surface area contributed by atoms with Gasteiger partial charge >= 0.3 is 12.7 Å². The van der Waals surface area contributed by atoms with E-state index >= 15 is 0 Å². The number of nitrogens with zero attached hydrogens (tertiary/aromatic N) is 2. The van der Waals surface area contributed by atoms with Gasteiger partial charge in [0.2, 0.25) is 11.8 Å². The molecule has 3 amide bonds. The van der Waals surface area contributed by atoms with Crippen molar-refractivity contribution in [3.63, 3.8) is 0 Å². The second kappa shape index (κ2) is 11.8. The number of halogens is 2. The fraction of sp³-hybridized carbons (Fsp3) is 0.520. The summed E-state index contributed by atoms with van der Waals surface area (Å²) in [5, 5.41) is 5.13. The first-order valence-corrected chi connectivity index (χ1v) is 12.5. The molecule has 2 aromatic rings. The maximum Gasteiger partial charge on any atom is 0.407 e. The van der Waals surface area contributed by atoms with E-state index in [1.807, 2.05) is 0 Å². The third-order valence-corrected chi connectivity index (χ3v) is 6.47. The number of alkyl halides is 2. The predicted molar refractivity (Wildman–Crippen MR) is 132 cm³/mol. The van der Waals surface area contributed by atoms with Crippen LogP contribution < -0.4 is 25.8 Å². The van der Waals surface area contributed by atoms with E-state index in [1.165, 1.54) is 37.3 Å². The first-order valence-electron chi connectivity index (χ1n) is 12.5. The van der Waals surface area contributed by atoms with Crippen LogP contribution in [0, 0.1) is 5.92 Å². The molecule has 1 saturated heterocycles. The number of ether oxygens (including phenoxy) is 3. The van der Waals surface area contributed by atoms with Crippen LogP contribution >= 0.6 is 0 Å². The molecule has 1 aromatic carbocycles. The molecule has 2 aliphatic rings. The molecule has 2 heterocycles. The van der Waals surface area contributed by atoms with E-state index < -0.39 is 42.6 Å². The molecule has 12 nitrogen and oxygen atoms in total. The van der Waals surface area contributed by atoms with E-state index in [2.05, 4.69) is 25.1 Å². The first-order chi connectivity index (χ1) is 18.6. The van der Waals surface area contributed by atoms with Gasteiger partial charge in [-0.15, -0.1) is 0 Å². The van der Waals surface area contributed by atoms with Crippen molar-refractivity contribution >= 4 is 17.9 Å². The monoisotopic (exact) mass is 551 g/mol. The first kappa shape index (κ1) is 28.1. The highest BCUT2D eigenvalue weighted by Crippen LogP contribution is 2.37. The lowest BCUT2D eigenvalue weighted by atomic mass is 10.1. The van der Waals surface area contributed by atoms with Gasteiger partial charge in [0, 0.05) is 19.2 Å². The van der Waals surface area contributed by atoms with Crippen LogP contribution in [0.15, 0.2) is 22.6 Å². The lowest BCUT2D eigenvalue weighted by Crippen LogP contribution is -2.45. The number of likely N-dealkylation sites (tertiary alicyclic amines) is 1. The maximum absolute atomic E-state index is 13.7. The highest BCUT2D eigenvalue weighted by Gasteiger charge is 2.42. The van der Waals surface area contributed by atoms with Crippen molar-refractivity contribution in [3.8, 4) is 23.0 Å². The van der Waals surface area contributed by atoms with Gasteiger partial charge in [0.05, 0.1) is 25.8 Å². The van der Waals surface area contributed by atoms with Crippen molar-refractivity contribution in [2.75, 3.05) is 27.3 Å². The van der Waals surface area contributed by atoms with Crippen LogP contribution in [-0.4, -0.2) is 73.8 Å². The fourth-order valence-corrected chi connectivity index (χ4v) is 4.30. The number of likely N-dealkylation sites (N-methyl/N-ethyl adjacent to an activating group) is 1. The van der Waals surface area contributed by atoms with Gasteiger partial charge in [-0.2, -0.15) is 8.78 Å². The number of nitrogens with two attached hydrogens (primary N) is 1. The molecule has 4 rings (SSSR count). The van der Waals surface area contributed by atoms with Gasteiger partial charge in [-0.05, 0) is 50.3 Å². The van der Waals surface area contributed by atoms with Crippen LogP contribution in [0.25, 0.3) is 11.5 Å². The SMILES string of the molecule is CNC(=O)[C@@H]1C[C@@H](NC(=O)OC)CN1C(=O)c1nc(-c2ccc(OC(F)F)c(OCC3CC3)c2)oc1[C@H](C)N. The molecule has 39 heavy (non-hydrogen) atoms. The Kier molecular flexibility index (Phi) is 8.53. The number of hydrogen-bond donors (Lipinski definition) is 3. The molecule has 1 aromatic heterocycles. The molecule has 0 radical (unpaired) electrons. The van der Waals surface area contributed by atoms with Gasteiger partial charge in [0.1, 0.15) is 6.04 Å². The van der Waals surface area contributed by atoms with E-state index in [-0.39, 0.29) is 41.8 Å². The summed E-state index contributed by atoms with van der Waals surface area (Å²) in [6, 6.07) is 2.03.